The molecule has 130 valence electrons. The molecule has 0 bridgehead atoms. The molecular weight excluding hydrogens is 280 g/mol. The van der Waals surface area contributed by atoms with E-state index in [1.165, 1.54) is 50.0 Å². The summed E-state index contributed by atoms with van der Waals surface area (Å²) in [4.78, 5) is 22.5. The van der Waals surface area contributed by atoms with Crippen LogP contribution in [-0.2, 0) is 9.59 Å². The van der Waals surface area contributed by atoms with Gasteiger partial charge in [-0.3, -0.25) is 15.0 Å². The summed E-state index contributed by atoms with van der Waals surface area (Å²) in [5.74, 6) is -0.991. The van der Waals surface area contributed by atoms with E-state index in [-0.39, 0.29) is 12.5 Å². The van der Waals surface area contributed by atoms with E-state index in [4.69, 9.17) is 5.11 Å². The number of amides is 1. The summed E-state index contributed by atoms with van der Waals surface area (Å²) in [6, 6.07) is 0. The molecule has 5 nitrogen and oxygen atoms in total. The van der Waals surface area contributed by atoms with Crippen molar-refractivity contribution in [3.05, 3.63) is 0 Å². The molecule has 0 unspecified atom stereocenters. The summed E-state index contributed by atoms with van der Waals surface area (Å²) in [5, 5.41) is 10.3. The highest BCUT2D eigenvalue weighted by Crippen LogP contribution is 2.10. The van der Waals surface area contributed by atoms with Crippen molar-refractivity contribution >= 4 is 11.9 Å². The van der Waals surface area contributed by atoms with Crippen LogP contribution in [0.15, 0.2) is 0 Å². The number of rotatable bonds is 15. The first-order valence-corrected chi connectivity index (χ1v) is 8.86. The number of carbonyl (C=O) groups is 2. The zero-order valence-electron chi connectivity index (χ0n) is 14.4. The second kappa shape index (κ2) is 14.8. The molecular formula is C17H34N2O3. The van der Waals surface area contributed by atoms with E-state index < -0.39 is 5.97 Å². The third-order valence-electron chi connectivity index (χ3n) is 3.61. The monoisotopic (exact) mass is 314 g/mol. The van der Waals surface area contributed by atoms with Gasteiger partial charge in [0.05, 0.1) is 0 Å². The Bertz CT molecular complexity index is 296. The van der Waals surface area contributed by atoms with Gasteiger partial charge in [0, 0.05) is 13.0 Å². The third-order valence-corrected chi connectivity index (χ3v) is 3.61. The van der Waals surface area contributed by atoms with Crippen LogP contribution in [0.25, 0.3) is 0 Å². The molecule has 0 aliphatic rings. The second-order valence-corrected chi connectivity index (χ2v) is 5.93. The van der Waals surface area contributed by atoms with Gasteiger partial charge >= 0.3 is 5.97 Å². The highest BCUT2D eigenvalue weighted by Gasteiger charge is 2.11. The first kappa shape index (κ1) is 20.9. The summed E-state index contributed by atoms with van der Waals surface area (Å²) < 4.78 is 0. The van der Waals surface area contributed by atoms with E-state index in [1.54, 1.807) is 0 Å². The van der Waals surface area contributed by atoms with Gasteiger partial charge in [0.15, 0.2) is 0 Å². The third kappa shape index (κ3) is 13.9. The Balaban J connectivity index is 3.56. The van der Waals surface area contributed by atoms with Gasteiger partial charge in [-0.2, -0.15) is 0 Å². The molecule has 0 atom stereocenters. The van der Waals surface area contributed by atoms with Crippen molar-refractivity contribution in [2.24, 2.45) is 0 Å². The smallest absolute Gasteiger partial charge is 0.319 e. The SMILES string of the molecule is CCCCCCCCCCCC(=O)NN(CCC)CC(=O)O. The fraction of sp³-hybridized carbons (Fsp3) is 0.882. The maximum absolute atomic E-state index is 11.8. The van der Waals surface area contributed by atoms with Crippen LogP contribution in [0.4, 0.5) is 0 Å². The number of nitrogens with zero attached hydrogens (tertiary/aromatic N) is 1. The highest BCUT2D eigenvalue weighted by molar-refractivity contribution is 5.76. The number of hydrogen-bond donors (Lipinski definition) is 2. The standard InChI is InChI=1S/C17H34N2O3/c1-3-5-6-7-8-9-10-11-12-13-16(20)18-19(14-4-2)15-17(21)22/h3-15H2,1-2H3,(H,18,20)(H,21,22). The van der Waals surface area contributed by atoms with E-state index in [0.29, 0.717) is 13.0 Å². The maximum atomic E-state index is 11.8. The largest absolute Gasteiger partial charge is 0.480 e. The fourth-order valence-electron chi connectivity index (χ4n) is 2.44. The molecule has 0 aromatic carbocycles. The average molecular weight is 314 g/mol. The summed E-state index contributed by atoms with van der Waals surface area (Å²) >= 11 is 0. The quantitative estimate of drug-likeness (QED) is 0.357. The molecule has 1 amide bonds. The fourth-order valence-corrected chi connectivity index (χ4v) is 2.44. The normalized spacial score (nSPS) is 10.9. The van der Waals surface area contributed by atoms with Crippen LogP contribution in [-0.4, -0.2) is 35.1 Å². The predicted octanol–water partition coefficient (Wildman–Crippen LogP) is 3.74. The van der Waals surface area contributed by atoms with Gasteiger partial charge in [-0.25, -0.2) is 5.01 Å². The molecule has 0 aromatic heterocycles. The summed E-state index contributed by atoms with van der Waals surface area (Å²) in [7, 11) is 0. The van der Waals surface area contributed by atoms with Crippen LogP contribution < -0.4 is 5.43 Å². The number of carboxylic acid groups (broad SMARTS) is 1. The Labute approximate surface area is 135 Å². The number of hydrazine groups is 1. The molecule has 0 aliphatic carbocycles. The molecule has 0 radical (unpaired) electrons. The van der Waals surface area contributed by atoms with Crippen molar-refractivity contribution in [3.63, 3.8) is 0 Å². The number of nitrogens with one attached hydrogen (secondary N) is 1. The molecule has 0 fully saturated rings. The number of unbranched alkanes of at least 4 members (excludes halogenated alkanes) is 8. The lowest BCUT2D eigenvalue weighted by molar-refractivity contribution is -0.140. The van der Waals surface area contributed by atoms with Gasteiger partial charge in [-0.05, 0) is 12.8 Å². The minimum absolute atomic E-state index is 0.0716. The van der Waals surface area contributed by atoms with E-state index in [9.17, 15) is 9.59 Å². The van der Waals surface area contributed by atoms with Crippen molar-refractivity contribution < 1.29 is 14.7 Å². The Morgan fingerprint density at radius 2 is 1.41 bits per heavy atom. The Morgan fingerprint density at radius 3 is 1.91 bits per heavy atom. The van der Waals surface area contributed by atoms with Crippen molar-refractivity contribution in [2.75, 3.05) is 13.1 Å². The zero-order valence-corrected chi connectivity index (χ0v) is 14.4. The predicted molar refractivity (Wildman–Crippen MR) is 89.5 cm³/mol. The van der Waals surface area contributed by atoms with Crippen LogP contribution in [0.5, 0.6) is 0 Å². The molecule has 0 heterocycles. The molecule has 0 saturated carbocycles. The number of aliphatic carboxylic acids is 1. The van der Waals surface area contributed by atoms with E-state index in [2.05, 4.69) is 12.3 Å². The highest BCUT2D eigenvalue weighted by atomic mass is 16.4. The van der Waals surface area contributed by atoms with Gasteiger partial charge in [-0.15, -0.1) is 0 Å². The van der Waals surface area contributed by atoms with E-state index >= 15 is 0 Å². The van der Waals surface area contributed by atoms with E-state index in [0.717, 1.165) is 19.3 Å². The lowest BCUT2D eigenvalue weighted by Gasteiger charge is -2.20. The van der Waals surface area contributed by atoms with Crippen molar-refractivity contribution in [1.82, 2.24) is 10.4 Å². The summed E-state index contributed by atoms with van der Waals surface area (Å²) in [5.41, 5.74) is 2.69. The van der Waals surface area contributed by atoms with Gasteiger partial charge < -0.3 is 5.11 Å². The van der Waals surface area contributed by atoms with Crippen LogP contribution in [0.2, 0.25) is 0 Å². The topological polar surface area (TPSA) is 69.6 Å². The maximum Gasteiger partial charge on any atom is 0.319 e. The summed E-state index contributed by atoms with van der Waals surface area (Å²) in [6.07, 6.45) is 12.3. The molecule has 0 rings (SSSR count). The number of carboxylic acids is 1. The molecule has 0 saturated heterocycles. The van der Waals surface area contributed by atoms with Crippen LogP contribution in [0, 0.1) is 0 Å². The lowest BCUT2D eigenvalue weighted by atomic mass is 10.1. The number of hydrogen-bond acceptors (Lipinski definition) is 3. The number of carbonyl (C=O) groups excluding carboxylic acids is 1. The van der Waals surface area contributed by atoms with Crippen molar-refractivity contribution in [1.29, 1.82) is 0 Å². The first-order chi connectivity index (χ1) is 10.6. The molecule has 0 aromatic rings. The molecule has 2 N–H and O–H groups in total. The van der Waals surface area contributed by atoms with Gasteiger partial charge in [0.2, 0.25) is 5.91 Å². The zero-order chi connectivity index (χ0) is 16.6. The Hall–Kier alpha value is -1.10. The van der Waals surface area contributed by atoms with Gasteiger partial charge in [-0.1, -0.05) is 65.2 Å². The van der Waals surface area contributed by atoms with Crippen molar-refractivity contribution in [2.45, 2.75) is 84.5 Å². The second-order valence-electron chi connectivity index (χ2n) is 5.93. The molecule has 22 heavy (non-hydrogen) atoms. The lowest BCUT2D eigenvalue weighted by Crippen LogP contribution is -2.45. The van der Waals surface area contributed by atoms with Gasteiger partial charge in [0.1, 0.15) is 6.54 Å². The van der Waals surface area contributed by atoms with Crippen LogP contribution in [0.3, 0.4) is 0 Å². The van der Waals surface area contributed by atoms with Crippen molar-refractivity contribution in [3.8, 4) is 0 Å². The Kier molecular flexibility index (Phi) is 14.1. The average Bonchev–Trinajstić information content (AvgIpc) is 2.45. The first-order valence-electron chi connectivity index (χ1n) is 8.86. The molecule has 5 heteroatoms. The Morgan fingerprint density at radius 1 is 0.864 bits per heavy atom. The van der Waals surface area contributed by atoms with Crippen LogP contribution in [0.1, 0.15) is 84.5 Å². The molecule has 0 aliphatic heterocycles. The van der Waals surface area contributed by atoms with E-state index in [1.807, 2.05) is 6.92 Å². The minimum atomic E-state index is -0.920. The minimum Gasteiger partial charge on any atom is -0.480 e. The molecule has 0 spiro atoms. The van der Waals surface area contributed by atoms with Gasteiger partial charge in [0.25, 0.3) is 0 Å². The summed E-state index contributed by atoms with van der Waals surface area (Å²) in [6.45, 7) is 4.61. The van der Waals surface area contributed by atoms with Crippen LogP contribution >= 0.6 is 0 Å².